The van der Waals surface area contributed by atoms with E-state index in [-0.39, 0.29) is 17.5 Å². The van der Waals surface area contributed by atoms with Crippen molar-refractivity contribution in [3.63, 3.8) is 0 Å². The minimum absolute atomic E-state index is 0.167. The minimum Gasteiger partial charge on any atom is -0.347 e. The van der Waals surface area contributed by atoms with Crippen LogP contribution in [0, 0.1) is 19.7 Å². The van der Waals surface area contributed by atoms with E-state index in [0.29, 0.717) is 36.4 Å². The lowest BCUT2D eigenvalue weighted by atomic mass is 10.1. The van der Waals surface area contributed by atoms with Crippen molar-refractivity contribution in [2.45, 2.75) is 40.2 Å². The van der Waals surface area contributed by atoms with Gasteiger partial charge in [0.05, 0.1) is 11.4 Å². The van der Waals surface area contributed by atoms with Gasteiger partial charge in [-0.15, -0.1) is 0 Å². The van der Waals surface area contributed by atoms with Crippen molar-refractivity contribution in [1.82, 2.24) is 10.3 Å². The van der Waals surface area contributed by atoms with E-state index in [4.69, 9.17) is 0 Å². The summed E-state index contributed by atoms with van der Waals surface area (Å²) in [5.74, 6) is -0.949. The number of amides is 2. The number of hydrogen-bond acceptors (Lipinski definition) is 4. The molecular weight excluding hydrogens is 383 g/mol. The number of benzene rings is 1. The fourth-order valence-corrected chi connectivity index (χ4v) is 3.25. The minimum atomic E-state index is -0.500. The highest BCUT2D eigenvalue weighted by atomic mass is 19.1. The number of pyridine rings is 1. The first-order valence-electron chi connectivity index (χ1n) is 9.85. The van der Waals surface area contributed by atoms with Crippen LogP contribution in [-0.2, 0) is 16.1 Å². The Hall–Kier alpha value is -3.35. The third-order valence-electron chi connectivity index (χ3n) is 5.07. The van der Waals surface area contributed by atoms with Crippen LogP contribution >= 0.6 is 0 Å². The molecule has 7 heteroatoms. The number of aromatic nitrogens is 1. The van der Waals surface area contributed by atoms with Crippen LogP contribution in [-0.4, -0.2) is 29.6 Å². The lowest BCUT2D eigenvalue weighted by molar-refractivity contribution is -0.118. The van der Waals surface area contributed by atoms with Gasteiger partial charge in [0, 0.05) is 37.8 Å². The zero-order valence-electron chi connectivity index (χ0n) is 17.6. The molecular formula is C23H25FN4O2. The Labute approximate surface area is 175 Å². The van der Waals surface area contributed by atoms with E-state index >= 15 is 0 Å². The maximum absolute atomic E-state index is 14.5. The Balaban J connectivity index is 1.68. The molecule has 0 saturated carbocycles. The summed E-state index contributed by atoms with van der Waals surface area (Å²) in [4.78, 5) is 34.3. The van der Waals surface area contributed by atoms with Crippen LogP contribution in [0.2, 0.25) is 0 Å². The molecule has 1 aromatic heterocycles. The van der Waals surface area contributed by atoms with E-state index in [1.165, 1.54) is 11.0 Å². The molecule has 0 fully saturated rings. The molecule has 1 N–H and O–H groups in total. The maximum atomic E-state index is 14.5. The SMILES string of the molecule is CCC(=O)N(C)c1ccc(C2=NC(C(=O)NCc3ccc(C)nc3C)=CC2)cc1F. The van der Waals surface area contributed by atoms with E-state index < -0.39 is 5.82 Å². The van der Waals surface area contributed by atoms with E-state index in [9.17, 15) is 14.0 Å². The smallest absolute Gasteiger partial charge is 0.269 e. The monoisotopic (exact) mass is 408 g/mol. The molecule has 3 rings (SSSR count). The number of hydrogen-bond donors (Lipinski definition) is 1. The average Bonchev–Trinajstić information content (AvgIpc) is 3.22. The fourth-order valence-electron chi connectivity index (χ4n) is 3.25. The number of rotatable bonds is 6. The average molecular weight is 408 g/mol. The van der Waals surface area contributed by atoms with Crippen LogP contribution in [0.4, 0.5) is 10.1 Å². The summed E-state index contributed by atoms with van der Waals surface area (Å²) < 4.78 is 14.5. The summed E-state index contributed by atoms with van der Waals surface area (Å²) >= 11 is 0. The highest BCUT2D eigenvalue weighted by Gasteiger charge is 2.19. The third-order valence-corrected chi connectivity index (χ3v) is 5.07. The first-order chi connectivity index (χ1) is 14.3. The largest absolute Gasteiger partial charge is 0.347 e. The van der Waals surface area contributed by atoms with Crippen molar-refractivity contribution >= 4 is 23.2 Å². The Morgan fingerprint density at radius 1 is 1.20 bits per heavy atom. The Bertz CT molecular complexity index is 1060. The number of nitrogens with one attached hydrogen (secondary N) is 1. The second-order valence-electron chi connectivity index (χ2n) is 7.20. The number of aliphatic imine (C=N–C) groups is 1. The quantitative estimate of drug-likeness (QED) is 0.794. The van der Waals surface area contributed by atoms with E-state index in [2.05, 4.69) is 15.3 Å². The van der Waals surface area contributed by atoms with Gasteiger partial charge in [0.2, 0.25) is 5.91 Å². The normalized spacial score (nSPS) is 13.0. The molecule has 0 atom stereocenters. The van der Waals surface area contributed by atoms with Crippen LogP contribution in [0.3, 0.4) is 0 Å². The molecule has 156 valence electrons. The van der Waals surface area contributed by atoms with Gasteiger partial charge in [-0.2, -0.15) is 0 Å². The molecule has 30 heavy (non-hydrogen) atoms. The number of allylic oxidation sites excluding steroid dienone is 1. The summed E-state index contributed by atoms with van der Waals surface area (Å²) in [6, 6.07) is 8.48. The highest BCUT2D eigenvalue weighted by molar-refractivity contribution is 6.08. The third kappa shape index (κ3) is 4.62. The van der Waals surface area contributed by atoms with E-state index in [0.717, 1.165) is 17.0 Å². The van der Waals surface area contributed by atoms with Crippen LogP contribution in [0.25, 0.3) is 0 Å². The fraction of sp³-hybridized carbons (Fsp3) is 0.304. The van der Waals surface area contributed by atoms with Gasteiger partial charge in [0.25, 0.3) is 5.91 Å². The Kier molecular flexibility index (Phi) is 6.40. The molecule has 0 saturated heterocycles. The number of anilines is 1. The van der Waals surface area contributed by atoms with Gasteiger partial charge in [-0.25, -0.2) is 9.38 Å². The van der Waals surface area contributed by atoms with E-state index in [1.54, 1.807) is 32.2 Å². The predicted octanol–water partition coefficient (Wildman–Crippen LogP) is 3.60. The Morgan fingerprint density at radius 2 is 1.97 bits per heavy atom. The van der Waals surface area contributed by atoms with Crippen LogP contribution in [0.1, 0.15) is 42.3 Å². The van der Waals surface area contributed by atoms with Crippen LogP contribution < -0.4 is 10.2 Å². The molecule has 0 bridgehead atoms. The van der Waals surface area contributed by atoms with Crippen molar-refractivity contribution in [1.29, 1.82) is 0 Å². The molecule has 2 aromatic rings. The summed E-state index contributed by atoms with van der Waals surface area (Å²) in [5, 5.41) is 2.85. The topological polar surface area (TPSA) is 74.7 Å². The number of carbonyl (C=O) groups excluding carboxylic acids is 2. The predicted molar refractivity (Wildman–Crippen MR) is 115 cm³/mol. The molecule has 0 aliphatic carbocycles. The molecule has 0 spiro atoms. The number of aryl methyl sites for hydroxylation is 2. The molecule has 1 aromatic carbocycles. The van der Waals surface area contributed by atoms with Crippen LogP contribution in [0.15, 0.2) is 47.1 Å². The first kappa shape index (κ1) is 21.4. The second kappa shape index (κ2) is 8.98. The van der Waals surface area contributed by atoms with Crippen molar-refractivity contribution in [3.05, 3.63) is 70.4 Å². The first-order valence-corrected chi connectivity index (χ1v) is 9.85. The van der Waals surface area contributed by atoms with Gasteiger partial charge in [0.15, 0.2) is 0 Å². The van der Waals surface area contributed by atoms with Gasteiger partial charge in [-0.1, -0.05) is 19.1 Å². The summed E-state index contributed by atoms with van der Waals surface area (Å²) in [7, 11) is 1.55. The van der Waals surface area contributed by atoms with Crippen molar-refractivity contribution in [2.75, 3.05) is 11.9 Å². The van der Waals surface area contributed by atoms with Gasteiger partial charge in [-0.05, 0) is 49.2 Å². The molecule has 6 nitrogen and oxygen atoms in total. The molecule has 1 aliphatic heterocycles. The highest BCUT2D eigenvalue weighted by Crippen LogP contribution is 2.23. The second-order valence-corrected chi connectivity index (χ2v) is 7.20. The van der Waals surface area contributed by atoms with E-state index in [1.807, 2.05) is 26.0 Å². The lowest BCUT2D eigenvalue weighted by Crippen LogP contribution is -2.26. The molecule has 0 radical (unpaired) electrons. The number of halogens is 1. The van der Waals surface area contributed by atoms with Gasteiger partial charge in [-0.3, -0.25) is 14.6 Å². The molecule has 2 heterocycles. The van der Waals surface area contributed by atoms with Gasteiger partial charge >= 0.3 is 0 Å². The summed E-state index contributed by atoms with van der Waals surface area (Å²) in [6.45, 7) is 5.92. The van der Waals surface area contributed by atoms with Crippen molar-refractivity contribution in [2.24, 2.45) is 4.99 Å². The standard InChI is InChI=1S/C23H25FN4O2/c1-5-22(29)28(4)21-11-8-16(12-18(21)24)19-9-10-20(27-19)23(30)25-13-17-7-6-14(2)26-15(17)3/h6-8,10-12H,5,9,13H2,1-4H3,(H,25,30). The van der Waals surface area contributed by atoms with Gasteiger partial charge in [0.1, 0.15) is 11.5 Å². The summed E-state index contributed by atoms with van der Waals surface area (Å²) in [6.07, 6.45) is 2.46. The zero-order valence-corrected chi connectivity index (χ0v) is 17.6. The van der Waals surface area contributed by atoms with Crippen LogP contribution in [0.5, 0.6) is 0 Å². The molecule has 1 aliphatic rings. The molecule has 0 unspecified atom stereocenters. The number of nitrogens with zero attached hydrogens (tertiary/aromatic N) is 3. The maximum Gasteiger partial charge on any atom is 0.269 e. The van der Waals surface area contributed by atoms with Crippen molar-refractivity contribution < 1.29 is 14.0 Å². The van der Waals surface area contributed by atoms with Crippen molar-refractivity contribution in [3.8, 4) is 0 Å². The molecule has 2 amide bonds. The number of carbonyl (C=O) groups is 2. The summed E-state index contributed by atoms with van der Waals surface area (Å²) in [5.41, 5.74) is 4.48. The van der Waals surface area contributed by atoms with Gasteiger partial charge < -0.3 is 10.2 Å². The Morgan fingerprint density at radius 3 is 2.63 bits per heavy atom. The zero-order chi connectivity index (χ0) is 21.8. The lowest BCUT2D eigenvalue weighted by Gasteiger charge is -2.17.